The lowest BCUT2D eigenvalue weighted by molar-refractivity contribution is -0.120. The highest BCUT2D eigenvalue weighted by Crippen LogP contribution is 2.36. The first-order chi connectivity index (χ1) is 13.8. The number of carbonyl (C=O) groups excluding carboxylic acids is 2. The van der Waals surface area contributed by atoms with Crippen molar-refractivity contribution in [3.63, 3.8) is 0 Å². The summed E-state index contributed by atoms with van der Waals surface area (Å²) in [5.41, 5.74) is 6.34. The third kappa shape index (κ3) is 3.61. The Morgan fingerprint density at radius 2 is 1.38 bits per heavy atom. The predicted molar refractivity (Wildman–Crippen MR) is 119 cm³/mol. The fourth-order valence-corrected chi connectivity index (χ4v) is 4.57. The predicted octanol–water partition coefficient (Wildman–Crippen LogP) is 5.38. The Labute approximate surface area is 174 Å². The first kappa shape index (κ1) is 19.2. The smallest absolute Gasteiger partial charge is 0.282 e. The van der Waals surface area contributed by atoms with Crippen LogP contribution in [0.15, 0.2) is 59.6 Å². The number of thiophene rings is 1. The van der Waals surface area contributed by atoms with Crippen LogP contribution in [0.5, 0.6) is 0 Å². The molecule has 1 aliphatic rings. The van der Waals surface area contributed by atoms with E-state index in [0.717, 1.165) is 32.8 Å². The molecule has 0 radical (unpaired) electrons. The van der Waals surface area contributed by atoms with Crippen LogP contribution >= 0.6 is 11.3 Å². The van der Waals surface area contributed by atoms with E-state index in [1.807, 2.05) is 75.5 Å². The Kier molecular flexibility index (Phi) is 4.84. The van der Waals surface area contributed by atoms with Gasteiger partial charge in [-0.1, -0.05) is 18.2 Å². The normalized spacial score (nSPS) is 14.1. The molecule has 29 heavy (non-hydrogen) atoms. The molecule has 2 heterocycles. The van der Waals surface area contributed by atoms with Gasteiger partial charge in [0.25, 0.3) is 11.8 Å². The van der Waals surface area contributed by atoms with Crippen molar-refractivity contribution in [2.75, 3.05) is 10.2 Å². The van der Waals surface area contributed by atoms with Gasteiger partial charge in [-0.3, -0.25) is 9.59 Å². The number of nitrogens with one attached hydrogen (secondary N) is 1. The number of benzene rings is 2. The molecule has 0 aliphatic carbocycles. The van der Waals surface area contributed by atoms with E-state index in [1.165, 1.54) is 16.2 Å². The molecule has 1 aromatic heterocycles. The molecular weight excluding hydrogens is 380 g/mol. The second-order valence-corrected chi connectivity index (χ2v) is 8.47. The molecule has 3 aromatic rings. The number of amides is 2. The van der Waals surface area contributed by atoms with Crippen molar-refractivity contribution in [3.8, 4) is 0 Å². The summed E-state index contributed by atoms with van der Waals surface area (Å²) in [6.45, 7) is 7.94. The van der Waals surface area contributed by atoms with E-state index in [2.05, 4.69) is 11.4 Å². The molecule has 0 unspecified atom stereocenters. The zero-order valence-electron chi connectivity index (χ0n) is 16.9. The number of anilines is 2. The lowest BCUT2D eigenvalue weighted by Gasteiger charge is -2.17. The maximum Gasteiger partial charge on any atom is 0.282 e. The first-order valence-electron chi connectivity index (χ1n) is 9.44. The average Bonchev–Trinajstić information content (AvgIpc) is 3.20. The standard InChI is InChI=1S/C24H22N2O2S/c1-14-8-15(2)11-18(10-14)25-22-21(20-6-5-7-29-20)23(27)26(24(22)28)19-12-16(3)9-17(4)13-19/h5-13,25H,1-4H3. The van der Waals surface area contributed by atoms with E-state index < -0.39 is 0 Å². The van der Waals surface area contributed by atoms with E-state index in [-0.39, 0.29) is 11.8 Å². The lowest BCUT2D eigenvalue weighted by atomic mass is 10.1. The van der Waals surface area contributed by atoms with Crippen LogP contribution in [0.1, 0.15) is 27.1 Å². The van der Waals surface area contributed by atoms with Crippen molar-refractivity contribution in [2.45, 2.75) is 27.7 Å². The molecule has 4 rings (SSSR count). The van der Waals surface area contributed by atoms with E-state index >= 15 is 0 Å². The van der Waals surface area contributed by atoms with Gasteiger partial charge in [-0.25, -0.2) is 4.90 Å². The molecule has 0 atom stereocenters. The zero-order chi connectivity index (χ0) is 20.7. The third-order valence-electron chi connectivity index (χ3n) is 4.81. The van der Waals surface area contributed by atoms with Gasteiger partial charge in [0.2, 0.25) is 0 Å². The molecule has 0 bridgehead atoms. The maximum atomic E-state index is 13.4. The van der Waals surface area contributed by atoms with Crippen LogP contribution in [0.4, 0.5) is 11.4 Å². The van der Waals surface area contributed by atoms with Crippen molar-refractivity contribution in [3.05, 3.63) is 86.7 Å². The molecule has 0 saturated heterocycles. The SMILES string of the molecule is Cc1cc(C)cc(NC2=C(c3cccs3)C(=O)N(c3cc(C)cc(C)c3)C2=O)c1. The van der Waals surface area contributed by atoms with Gasteiger partial charge in [0, 0.05) is 10.6 Å². The summed E-state index contributed by atoms with van der Waals surface area (Å²) in [5, 5.41) is 5.16. The number of imide groups is 1. The molecular formula is C24H22N2O2S. The number of nitrogens with zero attached hydrogens (tertiary/aromatic N) is 1. The van der Waals surface area contributed by atoms with Crippen LogP contribution in [0.3, 0.4) is 0 Å². The quantitative estimate of drug-likeness (QED) is 0.596. The van der Waals surface area contributed by atoms with Crippen LogP contribution in [0.25, 0.3) is 5.57 Å². The summed E-state index contributed by atoms with van der Waals surface area (Å²) in [6.07, 6.45) is 0. The van der Waals surface area contributed by atoms with Gasteiger partial charge in [-0.05, 0) is 85.7 Å². The molecule has 0 saturated carbocycles. The molecule has 1 N–H and O–H groups in total. The Morgan fingerprint density at radius 1 is 0.793 bits per heavy atom. The maximum absolute atomic E-state index is 13.4. The Bertz CT molecular complexity index is 1120. The molecule has 2 amide bonds. The molecule has 0 spiro atoms. The van der Waals surface area contributed by atoms with Crippen molar-refractivity contribution >= 4 is 40.1 Å². The number of rotatable bonds is 4. The zero-order valence-corrected chi connectivity index (χ0v) is 17.7. The topological polar surface area (TPSA) is 49.4 Å². The number of hydrogen-bond donors (Lipinski definition) is 1. The largest absolute Gasteiger partial charge is 0.350 e. The highest BCUT2D eigenvalue weighted by atomic mass is 32.1. The number of hydrogen-bond acceptors (Lipinski definition) is 4. The monoisotopic (exact) mass is 402 g/mol. The van der Waals surface area contributed by atoms with Gasteiger partial charge in [0.15, 0.2) is 0 Å². The van der Waals surface area contributed by atoms with E-state index in [1.54, 1.807) is 0 Å². The fourth-order valence-electron chi connectivity index (χ4n) is 3.80. The highest BCUT2D eigenvalue weighted by Gasteiger charge is 2.40. The molecule has 4 nitrogen and oxygen atoms in total. The molecule has 146 valence electrons. The van der Waals surface area contributed by atoms with E-state index in [9.17, 15) is 9.59 Å². The van der Waals surface area contributed by atoms with Gasteiger partial charge in [0.1, 0.15) is 5.70 Å². The van der Waals surface area contributed by atoms with E-state index in [0.29, 0.717) is 17.0 Å². The Morgan fingerprint density at radius 3 is 1.93 bits per heavy atom. The Hall–Kier alpha value is -3.18. The van der Waals surface area contributed by atoms with Crippen LogP contribution in [-0.2, 0) is 9.59 Å². The second kappa shape index (κ2) is 7.33. The van der Waals surface area contributed by atoms with Crippen LogP contribution in [0, 0.1) is 27.7 Å². The van der Waals surface area contributed by atoms with Crippen LogP contribution in [-0.4, -0.2) is 11.8 Å². The van der Waals surface area contributed by atoms with Gasteiger partial charge in [0.05, 0.1) is 11.3 Å². The summed E-state index contributed by atoms with van der Waals surface area (Å²) in [6, 6.07) is 15.5. The summed E-state index contributed by atoms with van der Waals surface area (Å²) >= 11 is 1.45. The second-order valence-electron chi connectivity index (χ2n) is 7.52. The number of aryl methyl sites for hydroxylation is 4. The fraction of sp³-hybridized carbons (Fsp3) is 0.167. The summed E-state index contributed by atoms with van der Waals surface area (Å²) in [5.74, 6) is -0.628. The minimum Gasteiger partial charge on any atom is -0.350 e. The minimum absolute atomic E-state index is 0.297. The van der Waals surface area contributed by atoms with Gasteiger partial charge in [-0.2, -0.15) is 0 Å². The minimum atomic E-state index is -0.331. The third-order valence-corrected chi connectivity index (χ3v) is 5.69. The molecule has 1 aliphatic heterocycles. The van der Waals surface area contributed by atoms with E-state index in [4.69, 9.17) is 0 Å². The molecule has 2 aromatic carbocycles. The lowest BCUT2D eigenvalue weighted by Crippen LogP contribution is -2.32. The summed E-state index contributed by atoms with van der Waals surface area (Å²) in [4.78, 5) is 28.9. The van der Waals surface area contributed by atoms with Crippen LogP contribution in [0.2, 0.25) is 0 Å². The summed E-state index contributed by atoms with van der Waals surface area (Å²) < 4.78 is 0. The number of carbonyl (C=O) groups is 2. The van der Waals surface area contributed by atoms with Gasteiger partial charge in [-0.15, -0.1) is 11.3 Å². The van der Waals surface area contributed by atoms with Crippen molar-refractivity contribution in [1.29, 1.82) is 0 Å². The van der Waals surface area contributed by atoms with Crippen molar-refractivity contribution in [1.82, 2.24) is 0 Å². The highest BCUT2D eigenvalue weighted by molar-refractivity contribution is 7.11. The van der Waals surface area contributed by atoms with Crippen LogP contribution < -0.4 is 10.2 Å². The molecule has 0 fully saturated rings. The van der Waals surface area contributed by atoms with Gasteiger partial charge < -0.3 is 5.32 Å². The molecule has 5 heteroatoms. The first-order valence-corrected chi connectivity index (χ1v) is 10.3. The Balaban J connectivity index is 1.82. The average molecular weight is 403 g/mol. The van der Waals surface area contributed by atoms with Crippen molar-refractivity contribution < 1.29 is 9.59 Å². The summed E-state index contributed by atoms with van der Waals surface area (Å²) in [7, 11) is 0. The van der Waals surface area contributed by atoms with Crippen molar-refractivity contribution in [2.24, 2.45) is 0 Å². The van der Waals surface area contributed by atoms with Gasteiger partial charge >= 0.3 is 0 Å².